The van der Waals surface area contributed by atoms with Crippen molar-refractivity contribution < 1.29 is 53.4 Å². The molecule has 1 amide bonds. The number of esters is 1. The number of ether oxygens (including phenoxy) is 4. The van der Waals surface area contributed by atoms with Crippen molar-refractivity contribution >= 4 is 34.9 Å². The van der Waals surface area contributed by atoms with Gasteiger partial charge in [0.15, 0.2) is 0 Å². The number of phenols is 1. The van der Waals surface area contributed by atoms with E-state index < -0.39 is 76.8 Å². The average Bonchev–Trinajstić information content (AvgIpc) is 3.82. The molecule has 1 aliphatic carbocycles. The number of benzene rings is 1. The first-order chi connectivity index (χ1) is 25.7. The van der Waals surface area contributed by atoms with Gasteiger partial charge in [-0.3, -0.25) is 19.2 Å². The van der Waals surface area contributed by atoms with Gasteiger partial charge in [0.2, 0.25) is 5.78 Å². The fraction of sp³-hybridized carbons (Fsp3) is 0.537. The number of aromatic hydroxyl groups is 1. The zero-order chi connectivity index (χ0) is 41.1. The van der Waals surface area contributed by atoms with Crippen molar-refractivity contribution in [1.82, 2.24) is 0 Å². The lowest BCUT2D eigenvalue weighted by molar-refractivity contribution is -0.158. The third-order valence-electron chi connectivity index (χ3n) is 11.0. The van der Waals surface area contributed by atoms with E-state index in [-0.39, 0.29) is 56.8 Å². The van der Waals surface area contributed by atoms with Crippen LogP contribution in [0.4, 0.5) is 0 Å². The van der Waals surface area contributed by atoms with Crippen molar-refractivity contribution in [2.24, 2.45) is 46.0 Å². The van der Waals surface area contributed by atoms with Crippen LogP contribution in [0.1, 0.15) is 100 Å². The second-order valence-corrected chi connectivity index (χ2v) is 15.1. The van der Waals surface area contributed by atoms with Crippen LogP contribution >= 0.6 is 0 Å². The van der Waals surface area contributed by atoms with Crippen LogP contribution in [0.2, 0.25) is 0 Å². The Morgan fingerprint density at radius 2 is 1.53 bits per heavy atom. The molecular formula is C41H55N3O11. The van der Waals surface area contributed by atoms with E-state index in [0.717, 1.165) is 13.2 Å². The predicted octanol–water partition coefficient (Wildman–Crippen LogP) is 4.42. The summed E-state index contributed by atoms with van der Waals surface area (Å²) in [5, 5.41) is 33.7. The standard InChI is InChI=1S/C37H47N3O10.C4H8O/c1-15-13-14-48-37(9)35(46)25-23-24(31(44)21(7)34(25)50-37)32(45)28(27(39)26(23)38)40-36(47)17(3)12-10-11-16(2)29(42)19(5)30(43)20(6)33(18(15)4)49-22(8)41;1-2-4-5-3-1/h10-16,18-20,29-30,33,42-44H,38-39H2,1-9H3;1-4H2/b11-10+,14-13+,17-12-,40-28?;/t15-,16-,18+,19+,20+,29-,30+,33+,37-;/m0./s1. The molecule has 9 atom stereocenters. The van der Waals surface area contributed by atoms with Gasteiger partial charge in [0.05, 0.1) is 41.0 Å². The van der Waals surface area contributed by atoms with E-state index in [0.29, 0.717) is 0 Å². The van der Waals surface area contributed by atoms with Crippen LogP contribution in [-0.2, 0) is 23.8 Å². The number of rotatable bonds is 1. The number of ketones is 2. The minimum Gasteiger partial charge on any atom is -0.507 e. The number of amides is 1. The highest BCUT2D eigenvalue weighted by Gasteiger charge is 2.51. The van der Waals surface area contributed by atoms with Crippen molar-refractivity contribution in [1.29, 1.82) is 0 Å². The Morgan fingerprint density at radius 1 is 0.891 bits per heavy atom. The van der Waals surface area contributed by atoms with Crippen LogP contribution in [0.3, 0.4) is 0 Å². The van der Waals surface area contributed by atoms with Crippen molar-refractivity contribution in [3.63, 3.8) is 0 Å². The van der Waals surface area contributed by atoms with Gasteiger partial charge >= 0.3 is 11.8 Å². The molecule has 4 heterocycles. The van der Waals surface area contributed by atoms with Gasteiger partial charge in [-0.25, -0.2) is 4.99 Å². The van der Waals surface area contributed by atoms with Gasteiger partial charge in [0, 0.05) is 61.5 Å². The molecule has 6 rings (SSSR count). The molecule has 14 nitrogen and oxygen atoms in total. The Hall–Kier alpha value is -4.79. The summed E-state index contributed by atoms with van der Waals surface area (Å²) >= 11 is 0. The highest BCUT2D eigenvalue weighted by molar-refractivity contribution is 6.56. The summed E-state index contributed by atoms with van der Waals surface area (Å²) < 4.78 is 22.5. The zero-order valence-corrected chi connectivity index (χ0v) is 33.0. The summed E-state index contributed by atoms with van der Waals surface area (Å²) in [4.78, 5) is 57.0. The number of fused-ring (bicyclic) bond motifs is 13. The Labute approximate surface area is 321 Å². The van der Waals surface area contributed by atoms with Gasteiger partial charge in [-0.1, -0.05) is 52.8 Å². The number of aliphatic imine (C=N–C) groups is 1. The van der Waals surface area contributed by atoms with Gasteiger partial charge in [0.25, 0.3) is 11.7 Å². The molecule has 55 heavy (non-hydrogen) atoms. The molecule has 0 unspecified atom stereocenters. The van der Waals surface area contributed by atoms with Crippen LogP contribution in [0.25, 0.3) is 5.70 Å². The zero-order valence-electron chi connectivity index (χ0n) is 33.0. The number of Topliss-reactive ketones (excluding diaryl/α,β-unsaturated/α-hetero) is 2. The number of aliphatic hydroxyl groups excluding tert-OH is 2. The maximum atomic E-state index is 14.0. The minimum absolute atomic E-state index is 0.0528. The van der Waals surface area contributed by atoms with Gasteiger partial charge in [-0.15, -0.1) is 0 Å². The molecule has 7 N–H and O–H groups in total. The molecule has 1 aromatic carbocycles. The lowest BCUT2D eigenvalue weighted by Crippen LogP contribution is -2.45. The second-order valence-electron chi connectivity index (χ2n) is 15.1. The predicted molar refractivity (Wildman–Crippen MR) is 205 cm³/mol. The maximum Gasteiger partial charge on any atom is 0.312 e. The molecular weight excluding hydrogens is 710 g/mol. The topological polar surface area (TPSA) is 230 Å². The number of phenolic OH excluding ortho intramolecular Hbond substituents is 1. The molecule has 1 saturated heterocycles. The largest absolute Gasteiger partial charge is 0.507 e. The summed E-state index contributed by atoms with van der Waals surface area (Å²) in [6, 6.07) is 0. The summed E-state index contributed by atoms with van der Waals surface area (Å²) in [6.45, 7) is 16.5. The molecule has 5 aliphatic rings. The molecule has 0 radical (unpaired) electrons. The Morgan fingerprint density at radius 3 is 2.11 bits per heavy atom. The molecule has 1 aromatic rings. The lowest BCUT2D eigenvalue weighted by Gasteiger charge is -2.37. The smallest absolute Gasteiger partial charge is 0.312 e. The van der Waals surface area contributed by atoms with E-state index in [4.69, 9.17) is 30.4 Å². The molecule has 0 aromatic heterocycles. The summed E-state index contributed by atoms with van der Waals surface area (Å²) in [7, 11) is 0. The Bertz CT molecular complexity index is 1850. The van der Waals surface area contributed by atoms with Crippen LogP contribution in [0, 0.1) is 36.5 Å². The van der Waals surface area contributed by atoms with Crippen LogP contribution < -0.4 is 16.2 Å². The fourth-order valence-electron chi connectivity index (χ4n) is 7.10. The molecule has 1 fully saturated rings. The normalized spacial score (nSPS) is 33.7. The van der Waals surface area contributed by atoms with Crippen LogP contribution in [0.15, 0.2) is 46.8 Å². The molecule has 0 saturated carbocycles. The highest BCUT2D eigenvalue weighted by atomic mass is 16.7. The fourth-order valence-corrected chi connectivity index (χ4v) is 7.10. The number of hydrogen-bond donors (Lipinski definition) is 5. The SMILES string of the molecule is C1CCOC1.CC(=O)O[C@H]1[C@H](C)[C@H](O)[C@H](C)[C@@H](O)[C@@H](C)/C=C/C=C(/C)C(=O)N=C2C(=O)c3c(O)c(C)c4c(c3C(N)=C2N)C(=O)[C@@](C)(O/C=C/[C@H](C)[C@H]1C)O4. The molecule has 300 valence electrons. The van der Waals surface area contributed by atoms with Crippen LogP contribution in [0.5, 0.6) is 11.5 Å². The number of allylic oxidation sites excluding steroid dienone is 4. The van der Waals surface area contributed by atoms with Crippen molar-refractivity contribution in [3.8, 4) is 11.5 Å². The van der Waals surface area contributed by atoms with E-state index in [1.54, 1.807) is 39.0 Å². The van der Waals surface area contributed by atoms with Gasteiger partial charge in [-0.05, 0) is 44.6 Å². The van der Waals surface area contributed by atoms with Gasteiger partial charge in [0.1, 0.15) is 23.3 Å². The van der Waals surface area contributed by atoms with E-state index in [9.17, 15) is 34.5 Å². The van der Waals surface area contributed by atoms with E-state index in [2.05, 4.69) is 4.99 Å². The van der Waals surface area contributed by atoms with E-state index in [1.807, 2.05) is 13.8 Å². The van der Waals surface area contributed by atoms with E-state index in [1.165, 1.54) is 52.9 Å². The van der Waals surface area contributed by atoms with E-state index >= 15 is 0 Å². The number of nitrogens with zero attached hydrogens (tertiary/aromatic N) is 1. The third-order valence-corrected chi connectivity index (χ3v) is 11.0. The number of carbonyl (C=O) groups is 4. The summed E-state index contributed by atoms with van der Waals surface area (Å²) in [5.41, 5.74) is 11.1. The van der Waals surface area contributed by atoms with Crippen molar-refractivity contribution in [3.05, 3.63) is 64.1 Å². The lowest BCUT2D eigenvalue weighted by atomic mass is 9.77. The first-order valence-electron chi connectivity index (χ1n) is 18.6. The van der Waals surface area contributed by atoms with Gasteiger partial charge in [-0.2, -0.15) is 0 Å². The minimum atomic E-state index is -1.94. The summed E-state index contributed by atoms with van der Waals surface area (Å²) in [6.07, 6.45) is 7.28. The van der Waals surface area contributed by atoms with Crippen LogP contribution in [-0.4, -0.2) is 81.8 Å². The summed E-state index contributed by atoms with van der Waals surface area (Å²) in [5.74, 6) is -7.90. The molecule has 0 spiro atoms. The molecule has 14 heteroatoms. The first-order valence-corrected chi connectivity index (χ1v) is 18.6. The van der Waals surface area contributed by atoms with Crippen molar-refractivity contribution in [2.45, 2.75) is 99.3 Å². The Balaban J connectivity index is 0.00000124. The number of carbonyl (C=O) groups excluding carboxylic acids is 4. The number of hydrogen-bond acceptors (Lipinski definition) is 13. The molecule has 5 bridgehead atoms. The number of nitrogens with two attached hydrogens (primary N) is 2. The maximum absolute atomic E-state index is 14.0. The second kappa shape index (κ2) is 17.3. The quantitative estimate of drug-likeness (QED) is 0.250. The van der Waals surface area contributed by atoms with Crippen molar-refractivity contribution in [2.75, 3.05) is 13.2 Å². The first kappa shape index (κ1) is 42.9. The average molecular weight is 766 g/mol. The monoisotopic (exact) mass is 765 g/mol. The third kappa shape index (κ3) is 8.71. The molecule has 4 aliphatic heterocycles. The number of aliphatic hydroxyl groups is 2. The van der Waals surface area contributed by atoms with Gasteiger partial charge < -0.3 is 45.7 Å². The highest BCUT2D eigenvalue weighted by Crippen LogP contribution is 2.49. The Kier molecular flexibility index (Phi) is 13.5.